The van der Waals surface area contributed by atoms with Gasteiger partial charge in [-0.25, -0.2) is 14.8 Å². The van der Waals surface area contributed by atoms with Gasteiger partial charge in [-0.2, -0.15) is 0 Å². The van der Waals surface area contributed by atoms with E-state index in [0.29, 0.717) is 34.8 Å². The Morgan fingerprint density at radius 2 is 1.36 bits per heavy atom. The Morgan fingerprint density at radius 3 is 1.96 bits per heavy atom. The number of amides is 1. The van der Waals surface area contributed by atoms with Gasteiger partial charge in [-0.3, -0.25) is 9.59 Å². The summed E-state index contributed by atoms with van der Waals surface area (Å²) in [7, 11) is 1.34. The van der Waals surface area contributed by atoms with E-state index in [2.05, 4.69) is 56.0 Å². The van der Waals surface area contributed by atoms with Crippen molar-refractivity contribution in [1.29, 1.82) is 0 Å². The van der Waals surface area contributed by atoms with E-state index in [1.54, 1.807) is 6.92 Å². The van der Waals surface area contributed by atoms with Crippen LogP contribution in [-0.4, -0.2) is 56.5 Å². The van der Waals surface area contributed by atoms with E-state index in [1.807, 2.05) is 19.1 Å². The number of nitrogens with zero attached hydrogens (tertiary/aromatic N) is 2. The fourth-order valence-corrected chi connectivity index (χ4v) is 7.13. The highest BCUT2D eigenvalue weighted by molar-refractivity contribution is 6.26. The number of hydrogen-bond donors (Lipinski definition) is 4. The minimum Gasteiger partial charge on any atom is -0.478 e. The monoisotopic (exact) mass is 679 g/mol. The van der Waals surface area contributed by atoms with E-state index in [-0.39, 0.29) is 29.7 Å². The number of aliphatic carboxylic acids is 1. The summed E-state index contributed by atoms with van der Waals surface area (Å²) in [6, 6.07) is 5.99. The Kier molecular flexibility index (Phi) is 11.1. The van der Waals surface area contributed by atoms with Crippen molar-refractivity contribution < 1.29 is 24.2 Å². The van der Waals surface area contributed by atoms with Crippen molar-refractivity contribution in [3.05, 3.63) is 68.8 Å². The molecule has 0 radical (unpaired) electrons. The van der Waals surface area contributed by atoms with Gasteiger partial charge in [0.2, 0.25) is 0 Å². The number of allylic oxidation sites excluding steroid dienone is 3. The van der Waals surface area contributed by atoms with E-state index in [1.165, 1.54) is 12.7 Å². The molecule has 2 aliphatic heterocycles. The molecule has 2 aliphatic rings. The predicted molar refractivity (Wildman–Crippen MR) is 200 cm³/mol. The van der Waals surface area contributed by atoms with Crippen LogP contribution < -0.4 is 5.32 Å². The number of aromatic amines is 2. The third kappa shape index (κ3) is 6.88. The summed E-state index contributed by atoms with van der Waals surface area (Å²) < 4.78 is 4.97. The molecule has 5 rings (SSSR count). The van der Waals surface area contributed by atoms with Crippen LogP contribution in [0.2, 0.25) is 0 Å². The van der Waals surface area contributed by atoms with Crippen molar-refractivity contribution in [2.24, 2.45) is 0 Å². The first kappa shape index (κ1) is 36.3. The lowest BCUT2D eigenvalue weighted by atomic mass is 9.95. The van der Waals surface area contributed by atoms with Crippen molar-refractivity contribution in [2.75, 3.05) is 13.7 Å². The van der Waals surface area contributed by atoms with Gasteiger partial charge < -0.3 is 25.1 Å². The van der Waals surface area contributed by atoms with Crippen LogP contribution in [0.25, 0.3) is 44.4 Å². The molecule has 3 aromatic rings. The maximum absolute atomic E-state index is 14.4. The number of rotatable bonds is 12. The first-order valence-electron chi connectivity index (χ1n) is 17.7. The van der Waals surface area contributed by atoms with E-state index >= 15 is 0 Å². The number of aromatic nitrogens is 4. The number of esters is 1. The fourth-order valence-electron chi connectivity index (χ4n) is 7.13. The first-order valence-corrected chi connectivity index (χ1v) is 17.7. The molecule has 10 nitrogen and oxygen atoms in total. The second-order valence-corrected chi connectivity index (χ2v) is 13.1. The van der Waals surface area contributed by atoms with Crippen LogP contribution in [0.5, 0.6) is 0 Å². The lowest BCUT2D eigenvalue weighted by molar-refractivity contribution is -0.140. The zero-order chi connectivity index (χ0) is 36.3. The molecule has 1 amide bonds. The number of carboxylic acid groups (broad SMARTS) is 1. The lowest BCUT2D eigenvalue weighted by Crippen LogP contribution is -2.27. The third-order valence-electron chi connectivity index (χ3n) is 10.1. The van der Waals surface area contributed by atoms with Crippen molar-refractivity contribution in [2.45, 2.75) is 99.8 Å². The highest BCUT2D eigenvalue weighted by atomic mass is 16.5. The Morgan fingerprint density at radius 1 is 0.780 bits per heavy atom. The highest BCUT2D eigenvalue weighted by Crippen LogP contribution is 2.40. The molecule has 8 bridgehead atoms. The quantitative estimate of drug-likeness (QED) is 0.111. The van der Waals surface area contributed by atoms with Gasteiger partial charge in [0.25, 0.3) is 5.91 Å². The van der Waals surface area contributed by atoms with Crippen LogP contribution in [0.3, 0.4) is 0 Å². The fraction of sp³-hybridized carbons (Fsp3) is 0.425. The second-order valence-electron chi connectivity index (χ2n) is 13.1. The third-order valence-corrected chi connectivity index (χ3v) is 10.1. The van der Waals surface area contributed by atoms with Crippen molar-refractivity contribution in [1.82, 2.24) is 25.3 Å². The molecule has 0 atom stereocenters. The Labute approximate surface area is 293 Å². The molecule has 50 heavy (non-hydrogen) atoms. The van der Waals surface area contributed by atoms with Crippen molar-refractivity contribution in [3.63, 3.8) is 0 Å². The number of nitrogens with one attached hydrogen (secondary N) is 3. The molecular weight excluding hydrogens is 630 g/mol. The topological polar surface area (TPSA) is 150 Å². The summed E-state index contributed by atoms with van der Waals surface area (Å²) in [5, 5.41) is 13.7. The molecular formula is C40H49N5O5. The van der Waals surface area contributed by atoms with Crippen LogP contribution in [0, 0.1) is 13.8 Å². The number of carboxylic acids is 1. The normalized spacial score (nSPS) is 12.9. The van der Waals surface area contributed by atoms with Gasteiger partial charge in [0.1, 0.15) is 0 Å². The average Bonchev–Trinajstić information content (AvgIpc) is 3.76. The number of unbranched alkanes of at least 4 members (excludes halogenated alkanes) is 3. The second kappa shape index (κ2) is 15.3. The highest BCUT2D eigenvalue weighted by Gasteiger charge is 2.33. The minimum atomic E-state index is -1.18. The van der Waals surface area contributed by atoms with Crippen molar-refractivity contribution >= 4 is 62.2 Å². The molecule has 4 N–H and O–H groups in total. The van der Waals surface area contributed by atoms with Gasteiger partial charge in [0.05, 0.1) is 41.0 Å². The molecule has 5 heterocycles. The number of aryl methyl sites for hydroxylation is 4. The largest absolute Gasteiger partial charge is 0.478 e. The smallest absolute Gasteiger partial charge is 0.338 e. The van der Waals surface area contributed by atoms with Gasteiger partial charge in [-0.05, 0) is 111 Å². The summed E-state index contributed by atoms with van der Waals surface area (Å²) in [6.07, 6.45) is 5.74. The van der Waals surface area contributed by atoms with Gasteiger partial charge in [0.15, 0.2) is 0 Å². The molecule has 0 saturated carbocycles. The van der Waals surface area contributed by atoms with E-state index < -0.39 is 17.8 Å². The number of H-pyrrole nitrogens is 2. The van der Waals surface area contributed by atoms with E-state index in [4.69, 9.17) is 14.7 Å². The number of ether oxygens (including phenoxy) is 1. The summed E-state index contributed by atoms with van der Waals surface area (Å²) in [6.45, 7) is 14.6. The van der Waals surface area contributed by atoms with Crippen LogP contribution in [-0.2, 0) is 27.2 Å². The summed E-state index contributed by atoms with van der Waals surface area (Å²) >= 11 is 0. The number of methoxy groups -OCH3 is 1. The predicted octanol–water partition coefficient (Wildman–Crippen LogP) is 8.27. The zero-order valence-electron chi connectivity index (χ0n) is 30.6. The Hall–Kier alpha value is -4.99. The molecule has 3 aromatic heterocycles. The molecule has 264 valence electrons. The Bertz CT molecular complexity index is 2100. The van der Waals surface area contributed by atoms with Gasteiger partial charge >= 0.3 is 11.9 Å². The van der Waals surface area contributed by atoms with Crippen LogP contribution in [0.4, 0.5) is 0 Å². The number of hydrogen-bond acceptors (Lipinski definition) is 6. The number of carbonyl (C=O) groups is 3. The maximum atomic E-state index is 14.4. The summed E-state index contributed by atoms with van der Waals surface area (Å²) in [5.74, 6) is -2.03. The van der Waals surface area contributed by atoms with Crippen LogP contribution >= 0.6 is 0 Å². The van der Waals surface area contributed by atoms with Gasteiger partial charge in [-0.1, -0.05) is 40.0 Å². The first-order chi connectivity index (χ1) is 23.9. The Balaban J connectivity index is 1.96. The van der Waals surface area contributed by atoms with E-state index in [0.717, 1.165) is 82.9 Å². The molecule has 0 saturated heterocycles. The van der Waals surface area contributed by atoms with Crippen molar-refractivity contribution in [3.8, 4) is 0 Å². The molecule has 0 aliphatic carbocycles. The van der Waals surface area contributed by atoms with E-state index in [9.17, 15) is 19.5 Å². The molecule has 0 aromatic carbocycles. The van der Waals surface area contributed by atoms with Crippen LogP contribution in [0.15, 0.2) is 18.2 Å². The molecule has 0 fully saturated rings. The SMILES string of the molecule is CCCCCCNC(=O)c1c2nc(cc3[nH]c(cc4[nH]c(cc5nc1C(C(=O)O)=C5C)c(CC)c4C)c(CC)c3C)C(C)=C2CCC(=O)OC. The standard InChI is InChI=1S/C40H49N5O5/c1-9-12-13-14-17-41-39(47)36-37-27(15-16-34(46)50-8)23(6)30(44-37)18-28-21(4)25(10-2)32(42-28)19-29-22(5)26(11-3)33(43-29)20-31-24(7)35(40(48)49)38(36)45-31/h18-20,42-43H,9-17H2,1-8H3,(H,41,47)(H,48,49). The molecule has 0 unspecified atom stereocenters. The summed E-state index contributed by atoms with van der Waals surface area (Å²) in [4.78, 5) is 57.0. The molecule has 0 spiro atoms. The summed E-state index contributed by atoms with van der Waals surface area (Å²) in [5.41, 5.74) is 11.6. The molecule has 10 heteroatoms. The number of fused-ring (bicyclic) bond motifs is 8. The lowest BCUT2D eigenvalue weighted by Gasteiger charge is -2.12. The number of carbonyl (C=O) groups excluding carboxylic acids is 2. The van der Waals surface area contributed by atoms with Gasteiger partial charge in [0, 0.05) is 35.0 Å². The minimum absolute atomic E-state index is 0.0491. The van der Waals surface area contributed by atoms with Gasteiger partial charge in [-0.15, -0.1) is 0 Å². The maximum Gasteiger partial charge on any atom is 0.338 e. The van der Waals surface area contributed by atoms with Crippen LogP contribution in [0.1, 0.15) is 129 Å². The average molecular weight is 680 g/mol. The zero-order valence-corrected chi connectivity index (χ0v) is 30.6.